The fourth-order valence-electron chi connectivity index (χ4n) is 2.74. The van der Waals surface area contributed by atoms with Crippen LogP contribution in [0, 0.1) is 6.92 Å². The average Bonchev–Trinajstić information content (AvgIpc) is 3.15. The van der Waals surface area contributed by atoms with Gasteiger partial charge in [0.15, 0.2) is 17.3 Å². The molecule has 4 rings (SSSR count). The van der Waals surface area contributed by atoms with Gasteiger partial charge < -0.3 is 18.4 Å². The lowest BCUT2D eigenvalue weighted by molar-refractivity contribution is 0.239. The predicted octanol–water partition coefficient (Wildman–Crippen LogP) is 4.34. The van der Waals surface area contributed by atoms with Crippen molar-refractivity contribution >= 4 is 11.0 Å². The molecule has 0 spiro atoms. The number of hydrogen-bond acceptors (Lipinski definition) is 6. The summed E-state index contributed by atoms with van der Waals surface area (Å²) in [5.74, 6) is 1.56. The third kappa shape index (κ3) is 3.55. The van der Waals surface area contributed by atoms with Gasteiger partial charge in [0.05, 0.1) is 7.11 Å². The smallest absolute Gasteiger partial charge is 0.336 e. The van der Waals surface area contributed by atoms with Crippen molar-refractivity contribution in [3.05, 3.63) is 76.3 Å². The van der Waals surface area contributed by atoms with Crippen molar-refractivity contribution in [3.63, 3.8) is 0 Å². The molecule has 0 saturated heterocycles. The third-order valence-corrected chi connectivity index (χ3v) is 4.18. The Kier molecular flexibility index (Phi) is 4.38. The van der Waals surface area contributed by atoms with Gasteiger partial charge in [0.1, 0.15) is 17.9 Å². The maximum Gasteiger partial charge on any atom is 0.336 e. The monoisotopic (exact) mass is 363 g/mol. The van der Waals surface area contributed by atoms with Crippen LogP contribution in [-0.4, -0.2) is 12.3 Å². The normalized spacial score (nSPS) is 10.9. The minimum Gasteiger partial charge on any atom is -0.493 e. The lowest BCUT2D eigenvalue weighted by atomic mass is 10.1. The first-order valence-corrected chi connectivity index (χ1v) is 8.40. The summed E-state index contributed by atoms with van der Waals surface area (Å²) >= 11 is 0. The van der Waals surface area contributed by atoms with Gasteiger partial charge in [-0.3, -0.25) is 0 Å². The quantitative estimate of drug-likeness (QED) is 0.491. The average molecular weight is 363 g/mol. The number of fused-ring (bicyclic) bond motifs is 1. The summed E-state index contributed by atoms with van der Waals surface area (Å²) in [7, 11) is 1.55. The van der Waals surface area contributed by atoms with E-state index in [1.165, 1.54) is 11.6 Å². The molecule has 0 unspecified atom stereocenters. The lowest BCUT2D eigenvalue weighted by Gasteiger charge is -2.10. The van der Waals surface area contributed by atoms with Crippen LogP contribution in [0.25, 0.3) is 22.2 Å². The Bertz CT molecular complexity index is 1140. The van der Waals surface area contributed by atoms with Gasteiger partial charge in [0, 0.05) is 29.1 Å². The molecule has 6 heteroatoms. The highest BCUT2D eigenvalue weighted by Gasteiger charge is 2.12. The number of aromatic nitrogens is 1. The highest BCUT2D eigenvalue weighted by atomic mass is 16.5. The Morgan fingerprint density at radius 2 is 1.81 bits per heavy atom. The molecule has 6 nitrogen and oxygen atoms in total. The minimum atomic E-state index is -0.420. The van der Waals surface area contributed by atoms with E-state index in [2.05, 4.69) is 5.16 Å². The summed E-state index contributed by atoms with van der Waals surface area (Å²) in [4.78, 5) is 11.4. The molecule has 136 valence electrons. The van der Waals surface area contributed by atoms with Crippen molar-refractivity contribution in [2.75, 3.05) is 7.11 Å². The van der Waals surface area contributed by atoms with Crippen molar-refractivity contribution in [2.45, 2.75) is 13.5 Å². The summed E-state index contributed by atoms with van der Waals surface area (Å²) in [6.07, 6.45) is 0. The van der Waals surface area contributed by atoms with Gasteiger partial charge in [-0.2, -0.15) is 0 Å². The molecular weight excluding hydrogens is 346 g/mol. The molecule has 27 heavy (non-hydrogen) atoms. The second-order valence-corrected chi connectivity index (χ2v) is 6.13. The van der Waals surface area contributed by atoms with Gasteiger partial charge >= 0.3 is 5.63 Å². The zero-order valence-electron chi connectivity index (χ0n) is 14.9. The van der Waals surface area contributed by atoms with E-state index in [1.807, 2.05) is 37.3 Å². The van der Waals surface area contributed by atoms with E-state index in [0.717, 1.165) is 16.6 Å². The maximum absolute atomic E-state index is 11.4. The van der Waals surface area contributed by atoms with Gasteiger partial charge in [0.25, 0.3) is 0 Å². The lowest BCUT2D eigenvalue weighted by Crippen LogP contribution is -1.99. The van der Waals surface area contributed by atoms with Crippen molar-refractivity contribution < 1.29 is 18.4 Å². The Morgan fingerprint density at radius 3 is 2.59 bits per heavy atom. The standard InChI is InChI=1S/C21H17NO5/c1-13-3-5-14(6-4-13)17-10-16(27-22-17)12-25-20-11-18-15(9-19(20)24-2)7-8-21(23)26-18/h3-11H,12H2,1-2H3. The van der Waals surface area contributed by atoms with E-state index in [1.54, 1.807) is 25.3 Å². The second-order valence-electron chi connectivity index (χ2n) is 6.13. The van der Waals surface area contributed by atoms with Crippen LogP contribution in [0.4, 0.5) is 0 Å². The topological polar surface area (TPSA) is 74.7 Å². The number of benzene rings is 2. The molecule has 0 aliphatic heterocycles. The highest BCUT2D eigenvalue weighted by molar-refractivity contribution is 5.80. The second kappa shape index (κ2) is 6.99. The molecule has 2 heterocycles. The van der Waals surface area contributed by atoms with E-state index >= 15 is 0 Å². The number of methoxy groups -OCH3 is 1. The van der Waals surface area contributed by atoms with Crippen molar-refractivity contribution in [3.8, 4) is 22.8 Å². The summed E-state index contributed by atoms with van der Waals surface area (Å²) in [5, 5.41) is 4.84. The molecule has 0 atom stereocenters. The van der Waals surface area contributed by atoms with Crippen LogP contribution in [0.3, 0.4) is 0 Å². The first kappa shape index (κ1) is 16.9. The fraction of sp³-hybridized carbons (Fsp3) is 0.143. The first-order chi connectivity index (χ1) is 13.1. The van der Waals surface area contributed by atoms with Crippen LogP contribution in [0.2, 0.25) is 0 Å². The van der Waals surface area contributed by atoms with Gasteiger partial charge in [-0.05, 0) is 19.1 Å². The first-order valence-electron chi connectivity index (χ1n) is 8.40. The minimum absolute atomic E-state index is 0.164. The van der Waals surface area contributed by atoms with E-state index in [9.17, 15) is 4.79 Å². The SMILES string of the molecule is COc1cc2ccc(=O)oc2cc1OCc1cc(-c2ccc(C)cc2)no1. The third-order valence-electron chi connectivity index (χ3n) is 4.18. The zero-order chi connectivity index (χ0) is 18.8. The predicted molar refractivity (Wildman–Crippen MR) is 100 cm³/mol. The van der Waals surface area contributed by atoms with Gasteiger partial charge in [0.2, 0.25) is 0 Å². The van der Waals surface area contributed by atoms with Crippen LogP contribution in [0.5, 0.6) is 11.5 Å². The van der Waals surface area contributed by atoms with Crippen molar-refractivity contribution in [1.82, 2.24) is 5.16 Å². The Morgan fingerprint density at radius 1 is 1.00 bits per heavy atom. The number of aryl methyl sites for hydroxylation is 1. The molecular formula is C21H17NO5. The molecule has 0 fully saturated rings. The van der Waals surface area contributed by atoms with Crippen LogP contribution in [0.15, 0.2) is 68.3 Å². The van der Waals surface area contributed by atoms with Crippen LogP contribution < -0.4 is 15.1 Å². The van der Waals surface area contributed by atoms with Crippen LogP contribution in [0.1, 0.15) is 11.3 Å². The fourth-order valence-corrected chi connectivity index (χ4v) is 2.74. The molecule has 0 radical (unpaired) electrons. The van der Waals surface area contributed by atoms with Crippen molar-refractivity contribution in [1.29, 1.82) is 0 Å². The molecule has 2 aromatic carbocycles. The molecule has 0 bridgehead atoms. The largest absolute Gasteiger partial charge is 0.493 e. The number of hydrogen-bond donors (Lipinski definition) is 0. The Balaban J connectivity index is 1.56. The molecule has 2 aromatic heterocycles. The van der Waals surface area contributed by atoms with E-state index in [0.29, 0.717) is 22.8 Å². The number of rotatable bonds is 5. The molecule has 0 amide bonds. The highest BCUT2D eigenvalue weighted by Crippen LogP contribution is 2.32. The molecule has 0 aliphatic carbocycles. The summed E-state index contributed by atoms with van der Waals surface area (Å²) in [6.45, 7) is 2.20. The molecule has 0 aliphatic rings. The van der Waals surface area contributed by atoms with Gasteiger partial charge in [-0.1, -0.05) is 35.0 Å². The number of ether oxygens (including phenoxy) is 2. The number of nitrogens with zero attached hydrogens (tertiary/aromatic N) is 1. The molecule has 4 aromatic rings. The maximum atomic E-state index is 11.4. The molecule has 0 saturated carbocycles. The van der Waals surface area contributed by atoms with Crippen LogP contribution >= 0.6 is 0 Å². The van der Waals surface area contributed by atoms with Crippen LogP contribution in [-0.2, 0) is 6.61 Å². The van der Waals surface area contributed by atoms with Gasteiger partial charge in [-0.15, -0.1) is 0 Å². The summed E-state index contributed by atoms with van der Waals surface area (Å²) in [6, 6.07) is 16.3. The zero-order valence-corrected chi connectivity index (χ0v) is 14.9. The van der Waals surface area contributed by atoms with E-state index in [4.69, 9.17) is 18.4 Å². The molecule has 0 N–H and O–H groups in total. The summed E-state index contributed by atoms with van der Waals surface area (Å²) in [5.41, 5.74) is 2.90. The summed E-state index contributed by atoms with van der Waals surface area (Å²) < 4.78 is 21.7. The van der Waals surface area contributed by atoms with E-state index < -0.39 is 5.63 Å². The van der Waals surface area contributed by atoms with Gasteiger partial charge in [-0.25, -0.2) is 4.79 Å². The van der Waals surface area contributed by atoms with E-state index in [-0.39, 0.29) is 6.61 Å². The van der Waals surface area contributed by atoms with Crippen molar-refractivity contribution in [2.24, 2.45) is 0 Å². The Hall–Kier alpha value is -3.54. The Labute approximate surface area is 154 Å².